The number of hydrogen-bond donors (Lipinski definition) is 1. The summed E-state index contributed by atoms with van der Waals surface area (Å²) in [6.45, 7) is 13.7. The van der Waals surface area contributed by atoms with Crippen molar-refractivity contribution in [1.29, 1.82) is 0 Å². The van der Waals surface area contributed by atoms with Crippen LogP contribution in [0.25, 0.3) is 5.52 Å². The molecular weight excluding hydrogens is 366 g/mol. The fourth-order valence-corrected chi connectivity index (χ4v) is 4.20. The number of carbonyl (C=O) groups excluding carboxylic acids is 1. The molecule has 0 saturated carbocycles. The van der Waals surface area contributed by atoms with Crippen LogP contribution in [0.1, 0.15) is 24.2 Å². The molecule has 7 nitrogen and oxygen atoms in total. The van der Waals surface area contributed by atoms with Gasteiger partial charge in [-0.1, -0.05) is 0 Å². The molecule has 0 aliphatic carbocycles. The average Bonchev–Trinajstić information content (AvgIpc) is 3.17. The minimum atomic E-state index is -0.00978. The van der Waals surface area contributed by atoms with E-state index in [1.807, 2.05) is 18.3 Å². The minimum Gasteiger partial charge on any atom is -0.379 e. The standard InChI is InChI=1S/C22H33N5O2/c1-18(2)25-9-11-26(12-10-25)21-6-5-20-4-3-19(17-27(20)21)22(28)23-7-8-24-13-15-29-16-14-24/h3-6,17-18H,7-16H2,1-2H3,(H,23,28). The maximum Gasteiger partial charge on any atom is 0.252 e. The summed E-state index contributed by atoms with van der Waals surface area (Å²) >= 11 is 0. The molecule has 2 aliphatic rings. The Kier molecular flexibility index (Phi) is 6.37. The third-order valence-corrected chi connectivity index (χ3v) is 6.08. The molecule has 0 bridgehead atoms. The second-order valence-corrected chi connectivity index (χ2v) is 8.23. The molecule has 2 aromatic heterocycles. The predicted octanol–water partition coefficient (Wildman–Crippen LogP) is 1.53. The van der Waals surface area contributed by atoms with Crippen LogP contribution in [0.5, 0.6) is 0 Å². The van der Waals surface area contributed by atoms with Gasteiger partial charge in [0, 0.05) is 70.1 Å². The number of morpholine rings is 1. The van der Waals surface area contributed by atoms with Crippen molar-refractivity contribution < 1.29 is 9.53 Å². The van der Waals surface area contributed by atoms with E-state index < -0.39 is 0 Å². The van der Waals surface area contributed by atoms with Crippen molar-refractivity contribution in [2.45, 2.75) is 19.9 Å². The lowest BCUT2D eigenvalue weighted by atomic mass is 10.2. The first-order valence-electron chi connectivity index (χ1n) is 10.8. The summed E-state index contributed by atoms with van der Waals surface area (Å²) in [5.74, 6) is 1.16. The number of aromatic nitrogens is 1. The Labute approximate surface area is 173 Å². The summed E-state index contributed by atoms with van der Waals surface area (Å²) in [5.41, 5.74) is 1.83. The summed E-state index contributed by atoms with van der Waals surface area (Å²) in [6, 6.07) is 8.84. The van der Waals surface area contributed by atoms with Gasteiger partial charge in [0.2, 0.25) is 0 Å². The highest BCUT2D eigenvalue weighted by Gasteiger charge is 2.21. The van der Waals surface area contributed by atoms with Crippen LogP contribution in [-0.2, 0) is 4.74 Å². The van der Waals surface area contributed by atoms with Crippen LogP contribution in [0, 0.1) is 0 Å². The number of nitrogens with zero attached hydrogens (tertiary/aromatic N) is 4. The zero-order chi connectivity index (χ0) is 20.2. The van der Waals surface area contributed by atoms with E-state index in [0.29, 0.717) is 18.2 Å². The van der Waals surface area contributed by atoms with Gasteiger partial charge in [-0.2, -0.15) is 0 Å². The van der Waals surface area contributed by atoms with E-state index in [9.17, 15) is 4.79 Å². The lowest BCUT2D eigenvalue weighted by Crippen LogP contribution is -2.49. The Morgan fingerprint density at radius 3 is 2.48 bits per heavy atom. The van der Waals surface area contributed by atoms with E-state index in [-0.39, 0.29) is 5.91 Å². The molecule has 2 saturated heterocycles. The summed E-state index contributed by atoms with van der Waals surface area (Å²) in [7, 11) is 0. The number of hydrogen-bond acceptors (Lipinski definition) is 5. The van der Waals surface area contributed by atoms with Crippen molar-refractivity contribution in [3.8, 4) is 0 Å². The Hall–Kier alpha value is -2.09. The van der Waals surface area contributed by atoms with Gasteiger partial charge in [0.1, 0.15) is 5.82 Å². The molecule has 0 unspecified atom stereocenters. The molecule has 0 aromatic carbocycles. The topological polar surface area (TPSA) is 52.5 Å². The van der Waals surface area contributed by atoms with E-state index in [2.05, 4.69) is 50.4 Å². The van der Waals surface area contributed by atoms with Crippen LogP contribution < -0.4 is 10.2 Å². The molecule has 2 aromatic rings. The average molecular weight is 400 g/mol. The Balaban J connectivity index is 1.39. The molecule has 4 heterocycles. The van der Waals surface area contributed by atoms with Gasteiger partial charge < -0.3 is 19.4 Å². The molecule has 2 aliphatic heterocycles. The third-order valence-electron chi connectivity index (χ3n) is 6.08. The first-order chi connectivity index (χ1) is 14.1. The Morgan fingerprint density at radius 2 is 1.76 bits per heavy atom. The molecule has 29 heavy (non-hydrogen) atoms. The highest BCUT2D eigenvalue weighted by molar-refractivity contribution is 5.94. The number of amides is 1. The van der Waals surface area contributed by atoms with Crippen LogP contribution >= 0.6 is 0 Å². The number of carbonyl (C=O) groups is 1. The van der Waals surface area contributed by atoms with E-state index in [1.54, 1.807) is 0 Å². The maximum atomic E-state index is 12.7. The molecular formula is C22H33N5O2. The zero-order valence-corrected chi connectivity index (χ0v) is 17.6. The molecule has 0 atom stereocenters. The lowest BCUT2D eigenvalue weighted by molar-refractivity contribution is 0.0383. The molecule has 158 valence electrons. The SMILES string of the molecule is CC(C)N1CCN(c2ccc3ccc(C(=O)NCCN4CCOCC4)cn23)CC1. The number of piperazine rings is 1. The molecule has 0 radical (unpaired) electrons. The quantitative estimate of drug-likeness (QED) is 0.799. The number of fused-ring (bicyclic) bond motifs is 1. The van der Waals surface area contributed by atoms with E-state index in [0.717, 1.165) is 64.5 Å². The van der Waals surface area contributed by atoms with Crippen molar-refractivity contribution in [2.75, 3.05) is 70.5 Å². The summed E-state index contributed by atoms with van der Waals surface area (Å²) in [6.07, 6.45) is 1.98. The van der Waals surface area contributed by atoms with Crippen LogP contribution in [0.2, 0.25) is 0 Å². The fourth-order valence-electron chi connectivity index (χ4n) is 4.20. The number of anilines is 1. The molecule has 0 spiro atoms. The zero-order valence-electron chi connectivity index (χ0n) is 17.6. The monoisotopic (exact) mass is 399 g/mol. The second-order valence-electron chi connectivity index (χ2n) is 8.23. The van der Waals surface area contributed by atoms with Crippen molar-refractivity contribution >= 4 is 17.2 Å². The lowest BCUT2D eigenvalue weighted by Gasteiger charge is -2.37. The van der Waals surface area contributed by atoms with Gasteiger partial charge in [-0.05, 0) is 38.1 Å². The molecule has 1 amide bonds. The maximum absolute atomic E-state index is 12.7. The first kappa shape index (κ1) is 20.2. The Morgan fingerprint density at radius 1 is 1.03 bits per heavy atom. The molecule has 4 rings (SSSR count). The highest BCUT2D eigenvalue weighted by Crippen LogP contribution is 2.22. The van der Waals surface area contributed by atoms with Crippen molar-refractivity contribution in [2.24, 2.45) is 0 Å². The van der Waals surface area contributed by atoms with Crippen molar-refractivity contribution in [3.63, 3.8) is 0 Å². The van der Waals surface area contributed by atoms with Crippen molar-refractivity contribution in [1.82, 2.24) is 19.5 Å². The van der Waals surface area contributed by atoms with Crippen LogP contribution in [0.3, 0.4) is 0 Å². The van der Waals surface area contributed by atoms with Crippen LogP contribution in [0.15, 0.2) is 30.5 Å². The highest BCUT2D eigenvalue weighted by atomic mass is 16.5. The molecule has 1 N–H and O–H groups in total. The summed E-state index contributed by atoms with van der Waals surface area (Å²) in [5, 5.41) is 3.07. The minimum absolute atomic E-state index is 0.00978. The van der Waals surface area contributed by atoms with Crippen LogP contribution in [-0.4, -0.2) is 91.7 Å². The van der Waals surface area contributed by atoms with Gasteiger partial charge in [-0.15, -0.1) is 0 Å². The fraction of sp³-hybridized carbons (Fsp3) is 0.591. The van der Waals surface area contributed by atoms with Gasteiger partial charge in [-0.3, -0.25) is 14.6 Å². The number of ether oxygens (including phenoxy) is 1. The van der Waals surface area contributed by atoms with Crippen molar-refractivity contribution in [3.05, 3.63) is 36.0 Å². The van der Waals surface area contributed by atoms with Gasteiger partial charge in [0.05, 0.1) is 18.8 Å². The molecule has 2 fully saturated rings. The predicted molar refractivity (Wildman–Crippen MR) is 116 cm³/mol. The Bertz CT molecular complexity index is 820. The van der Waals surface area contributed by atoms with E-state index in [4.69, 9.17) is 4.74 Å². The second kappa shape index (κ2) is 9.15. The van der Waals surface area contributed by atoms with Crippen LogP contribution in [0.4, 0.5) is 5.82 Å². The van der Waals surface area contributed by atoms with E-state index in [1.165, 1.54) is 5.82 Å². The van der Waals surface area contributed by atoms with Gasteiger partial charge >= 0.3 is 0 Å². The largest absolute Gasteiger partial charge is 0.379 e. The van der Waals surface area contributed by atoms with Gasteiger partial charge in [0.25, 0.3) is 5.91 Å². The first-order valence-corrected chi connectivity index (χ1v) is 10.8. The number of pyridine rings is 1. The molecule has 7 heteroatoms. The third kappa shape index (κ3) is 4.74. The smallest absolute Gasteiger partial charge is 0.252 e. The number of nitrogens with one attached hydrogen (secondary N) is 1. The summed E-state index contributed by atoms with van der Waals surface area (Å²) in [4.78, 5) is 19.9. The number of rotatable bonds is 6. The normalized spacial score (nSPS) is 19.2. The van der Waals surface area contributed by atoms with Gasteiger partial charge in [-0.25, -0.2) is 0 Å². The van der Waals surface area contributed by atoms with Gasteiger partial charge in [0.15, 0.2) is 0 Å². The van der Waals surface area contributed by atoms with E-state index >= 15 is 0 Å². The summed E-state index contributed by atoms with van der Waals surface area (Å²) < 4.78 is 7.52.